The molecule has 0 radical (unpaired) electrons. The highest BCUT2D eigenvalue weighted by Gasteiger charge is 2.35. The van der Waals surface area contributed by atoms with Crippen LogP contribution < -0.4 is 5.43 Å². The van der Waals surface area contributed by atoms with E-state index in [-0.39, 0.29) is 24.9 Å². The van der Waals surface area contributed by atoms with Crippen molar-refractivity contribution >= 4 is 11.9 Å². The highest BCUT2D eigenvalue weighted by atomic mass is 16.5. The van der Waals surface area contributed by atoms with Crippen molar-refractivity contribution in [2.24, 2.45) is 0 Å². The molecule has 0 saturated heterocycles. The van der Waals surface area contributed by atoms with Gasteiger partial charge in [0.25, 0.3) is 5.91 Å². The number of aromatic nitrogens is 1. The standard InChI is InChI=1S/C15H20N2O7/c1-8(2)24-5-3-4-17-10(18)7-16-6-9(15(22)23)12(19)13(20)11(16)14(17)21/h6,8,10,18,20H,3-5,7H2,1-2H3,(H,22,23). The van der Waals surface area contributed by atoms with E-state index in [9.17, 15) is 24.6 Å². The third-order valence-electron chi connectivity index (χ3n) is 3.66. The van der Waals surface area contributed by atoms with E-state index in [0.717, 1.165) is 15.7 Å². The molecule has 0 spiro atoms. The first-order chi connectivity index (χ1) is 11.2. The Bertz CT molecular complexity index is 711. The number of aliphatic hydroxyl groups is 1. The van der Waals surface area contributed by atoms with E-state index < -0.39 is 34.8 Å². The third-order valence-corrected chi connectivity index (χ3v) is 3.66. The molecule has 2 heterocycles. The van der Waals surface area contributed by atoms with Gasteiger partial charge < -0.3 is 29.5 Å². The molecule has 24 heavy (non-hydrogen) atoms. The minimum atomic E-state index is -1.51. The van der Waals surface area contributed by atoms with Gasteiger partial charge in [-0.1, -0.05) is 0 Å². The molecule has 0 aromatic carbocycles. The Morgan fingerprint density at radius 2 is 2.08 bits per heavy atom. The molecule has 9 nitrogen and oxygen atoms in total. The van der Waals surface area contributed by atoms with E-state index in [2.05, 4.69) is 0 Å². The maximum atomic E-state index is 12.5. The smallest absolute Gasteiger partial charge is 0.341 e. The van der Waals surface area contributed by atoms with Gasteiger partial charge in [0.05, 0.1) is 12.6 Å². The fourth-order valence-electron chi connectivity index (χ4n) is 2.52. The van der Waals surface area contributed by atoms with Crippen molar-refractivity contribution < 1.29 is 29.6 Å². The lowest BCUT2D eigenvalue weighted by Crippen LogP contribution is -2.49. The predicted molar refractivity (Wildman–Crippen MR) is 82.1 cm³/mol. The van der Waals surface area contributed by atoms with Crippen LogP contribution in [0.25, 0.3) is 0 Å². The molecule has 0 bridgehead atoms. The molecule has 2 rings (SSSR count). The number of rotatable bonds is 6. The van der Waals surface area contributed by atoms with Crippen molar-refractivity contribution in [3.8, 4) is 5.75 Å². The lowest BCUT2D eigenvalue weighted by molar-refractivity contribution is -0.0175. The molecule has 0 aliphatic carbocycles. The van der Waals surface area contributed by atoms with Gasteiger partial charge in [0.2, 0.25) is 5.43 Å². The minimum Gasteiger partial charge on any atom is -0.503 e. The summed E-state index contributed by atoms with van der Waals surface area (Å²) in [6, 6.07) is 0. The second kappa shape index (κ2) is 7.02. The summed E-state index contributed by atoms with van der Waals surface area (Å²) in [7, 11) is 0. The summed E-state index contributed by atoms with van der Waals surface area (Å²) in [4.78, 5) is 36.5. The number of nitrogens with zero attached hydrogens (tertiary/aromatic N) is 2. The quantitative estimate of drug-likeness (QED) is 0.614. The van der Waals surface area contributed by atoms with E-state index >= 15 is 0 Å². The molecule has 1 aliphatic rings. The van der Waals surface area contributed by atoms with Crippen molar-refractivity contribution in [1.29, 1.82) is 0 Å². The Morgan fingerprint density at radius 1 is 1.42 bits per heavy atom. The number of hydrogen-bond donors (Lipinski definition) is 3. The lowest BCUT2D eigenvalue weighted by atomic mass is 10.1. The van der Waals surface area contributed by atoms with E-state index in [1.807, 2.05) is 13.8 Å². The zero-order valence-corrected chi connectivity index (χ0v) is 13.4. The number of carboxylic acids is 1. The number of aromatic hydroxyl groups is 1. The second-order valence-electron chi connectivity index (χ2n) is 5.78. The number of carbonyl (C=O) groups is 2. The maximum Gasteiger partial charge on any atom is 0.341 e. The molecule has 0 fully saturated rings. The molecule has 132 valence electrons. The van der Waals surface area contributed by atoms with Crippen LogP contribution in [0.4, 0.5) is 0 Å². The van der Waals surface area contributed by atoms with Gasteiger partial charge in [-0.25, -0.2) is 4.79 Å². The molecular formula is C15H20N2O7. The molecule has 0 saturated carbocycles. The summed E-state index contributed by atoms with van der Waals surface area (Å²) in [6.45, 7) is 4.19. The molecule has 1 atom stereocenters. The molecule has 3 N–H and O–H groups in total. The molecule has 1 amide bonds. The van der Waals surface area contributed by atoms with Crippen LogP contribution in [0.2, 0.25) is 0 Å². The Labute approximate surface area is 137 Å². The molecular weight excluding hydrogens is 320 g/mol. The van der Waals surface area contributed by atoms with Crippen molar-refractivity contribution in [2.45, 2.75) is 39.1 Å². The van der Waals surface area contributed by atoms with E-state index in [0.29, 0.717) is 13.0 Å². The van der Waals surface area contributed by atoms with Gasteiger partial charge in [-0.2, -0.15) is 0 Å². The Morgan fingerprint density at radius 3 is 2.67 bits per heavy atom. The van der Waals surface area contributed by atoms with Gasteiger partial charge in [-0.15, -0.1) is 0 Å². The van der Waals surface area contributed by atoms with Crippen molar-refractivity contribution in [3.63, 3.8) is 0 Å². The zero-order chi connectivity index (χ0) is 18.0. The van der Waals surface area contributed by atoms with Gasteiger partial charge >= 0.3 is 5.97 Å². The van der Waals surface area contributed by atoms with Gasteiger partial charge in [-0.3, -0.25) is 9.59 Å². The molecule has 1 aromatic rings. The van der Waals surface area contributed by atoms with E-state index in [1.165, 1.54) is 0 Å². The van der Waals surface area contributed by atoms with Crippen molar-refractivity contribution in [2.75, 3.05) is 13.2 Å². The first-order valence-electron chi connectivity index (χ1n) is 7.54. The summed E-state index contributed by atoms with van der Waals surface area (Å²) < 4.78 is 6.46. The second-order valence-corrected chi connectivity index (χ2v) is 5.78. The SMILES string of the molecule is CC(C)OCCCN1C(=O)c2c(O)c(=O)c(C(=O)O)cn2CC1O. The summed E-state index contributed by atoms with van der Waals surface area (Å²) in [6.07, 6.45) is 0.288. The molecule has 1 aromatic heterocycles. The summed E-state index contributed by atoms with van der Waals surface area (Å²) in [5.74, 6) is -3.17. The van der Waals surface area contributed by atoms with Crippen LogP contribution in [0, 0.1) is 0 Å². The van der Waals surface area contributed by atoms with Crippen LogP contribution >= 0.6 is 0 Å². The number of fused-ring (bicyclic) bond motifs is 1. The number of aromatic carboxylic acids is 1. The number of hydrogen-bond acceptors (Lipinski definition) is 6. The Hall–Kier alpha value is -2.39. The molecule has 1 aliphatic heterocycles. The zero-order valence-electron chi connectivity index (χ0n) is 13.4. The van der Waals surface area contributed by atoms with Gasteiger partial charge in [0, 0.05) is 19.3 Å². The third kappa shape index (κ3) is 3.41. The van der Waals surface area contributed by atoms with Crippen LogP contribution in [0.3, 0.4) is 0 Å². The highest BCUT2D eigenvalue weighted by Crippen LogP contribution is 2.23. The van der Waals surface area contributed by atoms with E-state index in [4.69, 9.17) is 9.84 Å². The highest BCUT2D eigenvalue weighted by molar-refractivity contribution is 5.97. The topological polar surface area (TPSA) is 129 Å². The molecule has 1 unspecified atom stereocenters. The average Bonchev–Trinajstić information content (AvgIpc) is 2.48. The predicted octanol–water partition coefficient (Wildman–Crippen LogP) is -0.159. The summed E-state index contributed by atoms with van der Waals surface area (Å²) in [5.41, 5.74) is -2.10. The van der Waals surface area contributed by atoms with Gasteiger partial charge in [0.1, 0.15) is 11.8 Å². The summed E-state index contributed by atoms with van der Waals surface area (Å²) >= 11 is 0. The Balaban J connectivity index is 2.27. The largest absolute Gasteiger partial charge is 0.503 e. The normalized spacial score (nSPS) is 17.2. The number of aliphatic hydroxyl groups excluding tert-OH is 1. The van der Waals surface area contributed by atoms with Crippen LogP contribution in [0.15, 0.2) is 11.0 Å². The van der Waals surface area contributed by atoms with Crippen LogP contribution in [0.5, 0.6) is 5.75 Å². The van der Waals surface area contributed by atoms with E-state index in [1.54, 1.807) is 0 Å². The number of pyridine rings is 1. The first-order valence-corrected chi connectivity index (χ1v) is 7.54. The Kier molecular flexibility index (Phi) is 5.25. The van der Waals surface area contributed by atoms with Crippen LogP contribution in [-0.4, -0.2) is 62.1 Å². The van der Waals surface area contributed by atoms with Crippen molar-refractivity contribution in [1.82, 2.24) is 9.47 Å². The number of carbonyl (C=O) groups excluding carboxylic acids is 1. The molecule has 9 heteroatoms. The van der Waals surface area contributed by atoms with Crippen LogP contribution in [0.1, 0.15) is 41.1 Å². The fourth-order valence-corrected chi connectivity index (χ4v) is 2.52. The summed E-state index contributed by atoms with van der Waals surface area (Å²) in [5, 5.41) is 29.0. The maximum absolute atomic E-state index is 12.5. The fraction of sp³-hybridized carbons (Fsp3) is 0.533. The average molecular weight is 340 g/mol. The van der Waals surface area contributed by atoms with Crippen LogP contribution in [-0.2, 0) is 11.3 Å². The van der Waals surface area contributed by atoms with Gasteiger partial charge in [-0.05, 0) is 20.3 Å². The van der Waals surface area contributed by atoms with Crippen molar-refractivity contribution in [3.05, 3.63) is 27.7 Å². The number of amides is 1. The first kappa shape index (κ1) is 18.0. The van der Waals surface area contributed by atoms with Gasteiger partial charge in [0.15, 0.2) is 11.4 Å². The number of ether oxygens (including phenoxy) is 1. The number of carboxylic acid groups (broad SMARTS) is 1. The monoisotopic (exact) mass is 340 g/mol. The lowest BCUT2D eigenvalue weighted by Gasteiger charge is -2.34. The minimum absolute atomic E-state index is 0.0461.